The van der Waals surface area contributed by atoms with Crippen LogP contribution in [0.4, 0.5) is 5.69 Å². The van der Waals surface area contributed by atoms with E-state index in [1.54, 1.807) is 18.2 Å². The van der Waals surface area contributed by atoms with Crippen LogP contribution in [0.3, 0.4) is 0 Å². The van der Waals surface area contributed by atoms with E-state index >= 15 is 0 Å². The maximum Gasteiger partial charge on any atom is 0.153 e. The van der Waals surface area contributed by atoms with Crippen LogP contribution in [0.2, 0.25) is 0 Å². The molecule has 5 heteroatoms. The molecule has 1 aromatic carbocycles. The van der Waals surface area contributed by atoms with Gasteiger partial charge in [-0.1, -0.05) is 44.8 Å². The van der Waals surface area contributed by atoms with E-state index in [-0.39, 0.29) is 0 Å². The summed E-state index contributed by atoms with van der Waals surface area (Å²) in [5, 5.41) is 3.52. The van der Waals surface area contributed by atoms with Crippen molar-refractivity contribution in [2.75, 3.05) is 6.61 Å². The van der Waals surface area contributed by atoms with Gasteiger partial charge in [0.1, 0.15) is 5.75 Å². The quantitative estimate of drug-likeness (QED) is 0.268. The van der Waals surface area contributed by atoms with Crippen LogP contribution in [0.15, 0.2) is 23.3 Å². The van der Waals surface area contributed by atoms with Gasteiger partial charge in [-0.3, -0.25) is 4.79 Å². The fourth-order valence-corrected chi connectivity index (χ4v) is 2.05. The van der Waals surface area contributed by atoms with E-state index in [0.717, 1.165) is 18.6 Å². The van der Waals surface area contributed by atoms with E-state index in [4.69, 9.17) is 10.3 Å². The molecule has 0 saturated heterocycles. The molecule has 0 amide bonds. The molecular formula is C16H23N3O2. The van der Waals surface area contributed by atoms with Gasteiger partial charge in [-0.2, -0.15) is 0 Å². The first kappa shape index (κ1) is 17.1. The van der Waals surface area contributed by atoms with Gasteiger partial charge in [0.05, 0.1) is 12.2 Å². The van der Waals surface area contributed by atoms with E-state index in [1.807, 2.05) is 0 Å². The number of hydrogen-bond donors (Lipinski definition) is 0. The topological polar surface area (TPSA) is 75.1 Å². The highest BCUT2D eigenvalue weighted by atomic mass is 16.5. The van der Waals surface area contributed by atoms with Crippen LogP contribution in [0.1, 0.15) is 50.4 Å². The highest BCUT2D eigenvalue weighted by Gasteiger charge is 2.08. The largest absolute Gasteiger partial charge is 0.493 e. The summed E-state index contributed by atoms with van der Waals surface area (Å²) >= 11 is 0. The molecule has 1 rings (SSSR count). The van der Waals surface area contributed by atoms with Crippen LogP contribution in [0.5, 0.6) is 5.75 Å². The molecule has 0 spiro atoms. The van der Waals surface area contributed by atoms with Crippen molar-refractivity contribution < 1.29 is 9.53 Å². The van der Waals surface area contributed by atoms with Gasteiger partial charge in [0.25, 0.3) is 0 Å². The monoisotopic (exact) mass is 289 g/mol. The van der Waals surface area contributed by atoms with Crippen LogP contribution >= 0.6 is 0 Å². The average molecular weight is 289 g/mol. The summed E-state index contributed by atoms with van der Waals surface area (Å²) in [6.07, 6.45) is 4.25. The maximum absolute atomic E-state index is 11.0. The van der Waals surface area contributed by atoms with Crippen LogP contribution in [0.25, 0.3) is 10.4 Å². The van der Waals surface area contributed by atoms with Crippen LogP contribution in [-0.2, 0) is 0 Å². The van der Waals surface area contributed by atoms with Gasteiger partial charge in [0.2, 0.25) is 0 Å². The maximum atomic E-state index is 11.0. The number of carbonyl (C=O) groups is 1. The Morgan fingerprint density at radius 2 is 2.10 bits per heavy atom. The van der Waals surface area contributed by atoms with E-state index in [2.05, 4.69) is 30.8 Å². The van der Waals surface area contributed by atoms with E-state index < -0.39 is 0 Å². The molecule has 21 heavy (non-hydrogen) atoms. The Labute approximate surface area is 125 Å². The first-order valence-electron chi connectivity index (χ1n) is 7.34. The van der Waals surface area contributed by atoms with Gasteiger partial charge < -0.3 is 4.74 Å². The number of rotatable bonds is 9. The number of carbonyl (C=O) groups excluding carboxylic acids is 1. The molecule has 0 aliphatic carbocycles. The Morgan fingerprint density at radius 3 is 2.71 bits per heavy atom. The number of nitrogens with zero attached hydrogens (tertiary/aromatic N) is 3. The average Bonchev–Trinajstić information content (AvgIpc) is 2.45. The zero-order chi connectivity index (χ0) is 15.7. The van der Waals surface area contributed by atoms with Crippen molar-refractivity contribution >= 4 is 12.0 Å². The van der Waals surface area contributed by atoms with Gasteiger partial charge in [0, 0.05) is 10.6 Å². The predicted octanol–water partition coefficient (Wildman–Crippen LogP) is 5.28. The van der Waals surface area contributed by atoms with E-state index in [9.17, 15) is 4.79 Å². The van der Waals surface area contributed by atoms with Crippen LogP contribution < -0.4 is 4.74 Å². The lowest BCUT2D eigenvalue weighted by atomic mass is 10.0. The summed E-state index contributed by atoms with van der Waals surface area (Å²) < 4.78 is 5.72. The Morgan fingerprint density at radius 1 is 1.33 bits per heavy atom. The van der Waals surface area contributed by atoms with Crippen molar-refractivity contribution in [1.82, 2.24) is 0 Å². The molecule has 0 radical (unpaired) electrons. The summed E-state index contributed by atoms with van der Waals surface area (Å²) in [5.74, 6) is 1.62. The molecule has 0 fully saturated rings. The Hall–Kier alpha value is -2.00. The highest BCUT2D eigenvalue weighted by Crippen LogP contribution is 2.25. The second-order valence-corrected chi connectivity index (χ2v) is 5.77. The second-order valence-electron chi connectivity index (χ2n) is 5.77. The molecule has 0 aliphatic rings. The second kappa shape index (κ2) is 9.03. The number of hydrogen-bond acceptors (Lipinski definition) is 3. The molecule has 1 aromatic rings. The Balaban J connectivity index is 2.58. The third-order valence-corrected chi connectivity index (χ3v) is 3.29. The molecule has 0 N–H and O–H groups in total. The zero-order valence-electron chi connectivity index (χ0n) is 13.0. The summed E-state index contributed by atoms with van der Waals surface area (Å²) in [7, 11) is 0. The number of aldehydes is 1. The van der Waals surface area contributed by atoms with Gasteiger partial charge >= 0.3 is 0 Å². The molecule has 0 aliphatic heterocycles. The van der Waals surface area contributed by atoms with Gasteiger partial charge in [0.15, 0.2) is 6.29 Å². The molecule has 1 atom stereocenters. The van der Waals surface area contributed by atoms with Crippen molar-refractivity contribution in [2.45, 2.75) is 40.0 Å². The third kappa shape index (κ3) is 6.32. The SMILES string of the molecule is CC(C)CCC[C@@H](C)COc1cc(N=[N+]=[N-])ccc1C=O. The summed E-state index contributed by atoms with van der Waals surface area (Å²) in [4.78, 5) is 13.7. The molecule has 0 saturated carbocycles. The summed E-state index contributed by atoms with van der Waals surface area (Å²) in [5.41, 5.74) is 9.37. The molecule has 114 valence electrons. The first-order chi connectivity index (χ1) is 10.1. The first-order valence-corrected chi connectivity index (χ1v) is 7.34. The van der Waals surface area contributed by atoms with Crippen molar-refractivity contribution in [3.8, 4) is 5.75 Å². The number of azide groups is 1. The van der Waals surface area contributed by atoms with E-state index in [0.29, 0.717) is 29.5 Å². The summed E-state index contributed by atoms with van der Waals surface area (Å²) in [6, 6.07) is 4.81. The highest BCUT2D eigenvalue weighted by molar-refractivity contribution is 5.80. The minimum Gasteiger partial charge on any atom is -0.493 e. The van der Waals surface area contributed by atoms with Crippen molar-refractivity contribution in [3.63, 3.8) is 0 Å². The van der Waals surface area contributed by atoms with Crippen LogP contribution in [-0.4, -0.2) is 12.9 Å². The Bertz CT molecular complexity index is 508. The normalized spacial score (nSPS) is 11.8. The van der Waals surface area contributed by atoms with Crippen molar-refractivity contribution in [3.05, 3.63) is 34.2 Å². The fraction of sp³-hybridized carbons (Fsp3) is 0.562. The van der Waals surface area contributed by atoms with Crippen molar-refractivity contribution in [1.29, 1.82) is 0 Å². The zero-order valence-corrected chi connectivity index (χ0v) is 13.0. The lowest BCUT2D eigenvalue weighted by Gasteiger charge is -2.15. The molecular weight excluding hydrogens is 266 g/mol. The minimum absolute atomic E-state index is 0.423. The third-order valence-electron chi connectivity index (χ3n) is 3.29. The number of ether oxygens (including phenoxy) is 1. The lowest BCUT2D eigenvalue weighted by molar-refractivity contribution is 0.111. The van der Waals surface area contributed by atoms with Gasteiger partial charge in [-0.25, -0.2) is 0 Å². The van der Waals surface area contributed by atoms with Gasteiger partial charge in [-0.05, 0) is 35.9 Å². The fourth-order valence-electron chi connectivity index (χ4n) is 2.05. The van der Waals surface area contributed by atoms with Gasteiger partial charge in [-0.15, -0.1) is 0 Å². The van der Waals surface area contributed by atoms with E-state index in [1.165, 1.54) is 12.8 Å². The molecule has 0 bridgehead atoms. The predicted molar refractivity (Wildman–Crippen MR) is 84.0 cm³/mol. The standard InChI is InChI=1S/C16H23N3O2/c1-12(2)5-4-6-13(3)11-21-16-9-15(18-19-17)8-7-14(16)10-20/h7-10,12-13H,4-6,11H2,1-3H3/t13-/m1/s1. The van der Waals surface area contributed by atoms with Crippen LogP contribution in [0, 0.1) is 11.8 Å². The van der Waals surface area contributed by atoms with Crippen molar-refractivity contribution in [2.24, 2.45) is 17.0 Å². The summed E-state index contributed by atoms with van der Waals surface area (Å²) in [6.45, 7) is 7.13. The molecule has 0 aromatic heterocycles. The minimum atomic E-state index is 0.423. The number of benzene rings is 1. The molecule has 5 nitrogen and oxygen atoms in total. The molecule has 0 heterocycles. The Kier molecular flexibility index (Phi) is 7.33. The molecule has 0 unspecified atom stereocenters. The smallest absolute Gasteiger partial charge is 0.153 e. The lowest BCUT2D eigenvalue weighted by Crippen LogP contribution is -2.10.